The summed E-state index contributed by atoms with van der Waals surface area (Å²) in [4.78, 5) is 23.8. The van der Waals surface area contributed by atoms with Crippen molar-refractivity contribution in [2.24, 2.45) is 0 Å². The van der Waals surface area contributed by atoms with E-state index in [0.29, 0.717) is 25.9 Å². The third-order valence-corrected chi connectivity index (χ3v) is 2.65. The highest BCUT2D eigenvalue weighted by atomic mass is 32.2. The van der Waals surface area contributed by atoms with E-state index >= 15 is 0 Å². The van der Waals surface area contributed by atoms with Gasteiger partial charge in [-0.2, -0.15) is 0 Å². The number of hydrogen-bond donors (Lipinski definition) is 0. The monoisotopic (exact) mass is 203 g/mol. The molecule has 5 heteroatoms. The van der Waals surface area contributed by atoms with Crippen LogP contribution in [-0.4, -0.2) is 45.9 Å². The minimum absolute atomic E-state index is 0.0776. The normalized spacial score (nSPS) is 20.1. The van der Waals surface area contributed by atoms with Gasteiger partial charge < -0.3 is 4.90 Å². The van der Waals surface area contributed by atoms with Gasteiger partial charge in [0.2, 0.25) is 5.91 Å². The van der Waals surface area contributed by atoms with Crippen LogP contribution in [0.4, 0.5) is 0 Å². The lowest BCUT2D eigenvalue weighted by molar-refractivity contribution is -0.132. The molecule has 0 bridgehead atoms. The lowest BCUT2D eigenvalue weighted by atomic mass is 10.1. The number of nitrogens with zero attached hydrogens (tertiary/aromatic N) is 1. The molecule has 0 aromatic heterocycles. The van der Waals surface area contributed by atoms with Gasteiger partial charge in [0, 0.05) is 43.0 Å². The Morgan fingerprint density at radius 1 is 1.46 bits per heavy atom. The zero-order chi connectivity index (χ0) is 9.84. The van der Waals surface area contributed by atoms with Crippen molar-refractivity contribution in [3.05, 3.63) is 0 Å². The van der Waals surface area contributed by atoms with Gasteiger partial charge in [-0.25, -0.2) is 0 Å². The molecule has 0 aliphatic carbocycles. The number of likely N-dealkylation sites (tertiary alicyclic amines) is 1. The van der Waals surface area contributed by atoms with Crippen molar-refractivity contribution in [3.63, 3.8) is 0 Å². The standard InChI is InChI=1S/C8H13NO3S/c1-13(12)6-8(11)9-4-2-7(10)3-5-9/h2-6H2,1H3. The molecule has 0 saturated carbocycles. The smallest absolute Gasteiger partial charge is 0.235 e. The van der Waals surface area contributed by atoms with Crippen LogP contribution in [0.15, 0.2) is 0 Å². The van der Waals surface area contributed by atoms with Crippen molar-refractivity contribution in [1.82, 2.24) is 4.90 Å². The van der Waals surface area contributed by atoms with Gasteiger partial charge in [0.25, 0.3) is 0 Å². The second-order valence-corrected chi connectivity index (χ2v) is 4.57. The highest BCUT2D eigenvalue weighted by molar-refractivity contribution is 7.85. The first-order chi connectivity index (χ1) is 6.09. The van der Waals surface area contributed by atoms with Crippen LogP contribution in [0.3, 0.4) is 0 Å². The number of carbonyl (C=O) groups excluding carboxylic acids is 2. The van der Waals surface area contributed by atoms with E-state index < -0.39 is 10.8 Å². The number of carbonyl (C=O) groups is 2. The van der Waals surface area contributed by atoms with Gasteiger partial charge in [0.1, 0.15) is 11.5 Å². The number of rotatable bonds is 2. The van der Waals surface area contributed by atoms with Gasteiger partial charge in [-0.15, -0.1) is 0 Å². The summed E-state index contributed by atoms with van der Waals surface area (Å²) in [5.74, 6) is 0.184. The van der Waals surface area contributed by atoms with Crippen molar-refractivity contribution >= 4 is 22.5 Å². The van der Waals surface area contributed by atoms with E-state index in [1.807, 2.05) is 0 Å². The molecule has 1 heterocycles. The molecule has 1 aliphatic rings. The van der Waals surface area contributed by atoms with Crippen molar-refractivity contribution < 1.29 is 13.8 Å². The minimum Gasteiger partial charge on any atom is -0.341 e. The zero-order valence-electron chi connectivity index (χ0n) is 7.62. The predicted octanol–water partition coefficient (Wildman–Crippen LogP) is -0.444. The Morgan fingerprint density at radius 2 is 2.00 bits per heavy atom. The fourth-order valence-corrected chi connectivity index (χ4v) is 1.80. The van der Waals surface area contributed by atoms with Crippen LogP contribution in [0.5, 0.6) is 0 Å². The molecule has 13 heavy (non-hydrogen) atoms. The fraction of sp³-hybridized carbons (Fsp3) is 0.750. The van der Waals surface area contributed by atoms with Crippen LogP contribution >= 0.6 is 0 Å². The van der Waals surface area contributed by atoms with Crippen LogP contribution < -0.4 is 0 Å². The highest BCUT2D eigenvalue weighted by Gasteiger charge is 2.20. The summed E-state index contributed by atoms with van der Waals surface area (Å²) in [6, 6.07) is 0. The molecular formula is C8H13NO3S. The first-order valence-corrected chi connectivity index (χ1v) is 5.92. The summed E-state index contributed by atoms with van der Waals surface area (Å²) < 4.78 is 10.8. The molecule has 1 atom stereocenters. The minimum atomic E-state index is -1.08. The van der Waals surface area contributed by atoms with E-state index in [1.54, 1.807) is 4.90 Å². The molecule has 4 nitrogen and oxygen atoms in total. The molecule has 0 aromatic carbocycles. The van der Waals surface area contributed by atoms with Gasteiger partial charge in [-0.05, 0) is 0 Å². The van der Waals surface area contributed by atoms with E-state index in [2.05, 4.69) is 0 Å². The van der Waals surface area contributed by atoms with Gasteiger partial charge in [0.05, 0.1) is 0 Å². The van der Waals surface area contributed by atoms with E-state index in [9.17, 15) is 13.8 Å². The molecule has 74 valence electrons. The van der Waals surface area contributed by atoms with Gasteiger partial charge in [-0.3, -0.25) is 13.8 Å². The zero-order valence-corrected chi connectivity index (χ0v) is 8.43. The third kappa shape index (κ3) is 3.26. The molecule has 1 unspecified atom stereocenters. The number of ketones is 1. The molecule has 1 rings (SSSR count). The van der Waals surface area contributed by atoms with Crippen molar-refractivity contribution in [1.29, 1.82) is 0 Å². The second-order valence-electron chi connectivity index (χ2n) is 3.14. The van der Waals surface area contributed by atoms with E-state index in [1.165, 1.54) is 6.26 Å². The number of Topliss-reactive ketones (excluding diaryl/α,β-unsaturated/α-hetero) is 1. The summed E-state index contributed by atoms with van der Waals surface area (Å²) in [6.45, 7) is 0.990. The van der Waals surface area contributed by atoms with Crippen LogP contribution in [0, 0.1) is 0 Å². The maximum atomic E-state index is 11.3. The molecule has 1 saturated heterocycles. The Bertz CT molecular complexity index is 242. The lowest BCUT2D eigenvalue weighted by Crippen LogP contribution is -2.40. The van der Waals surface area contributed by atoms with E-state index in [4.69, 9.17) is 0 Å². The van der Waals surface area contributed by atoms with E-state index in [-0.39, 0.29) is 17.4 Å². The van der Waals surface area contributed by atoms with Crippen LogP contribution in [-0.2, 0) is 20.4 Å². The summed E-state index contributed by atoms with van der Waals surface area (Å²) in [7, 11) is -1.08. The molecular weight excluding hydrogens is 190 g/mol. The Kier molecular flexibility index (Phi) is 3.59. The molecule has 0 spiro atoms. The van der Waals surface area contributed by atoms with Crippen LogP contribution in [0.25, 0.3) is 0 Å². The topological polar surface area (TPSA) is 54.5 Å². The molecule has 0 N–H and O–H groups in total. The molecule has 1 fully saturated rings. The van der Waals surface area contributed by atoms with Gasteiger partial charge in [-0.1, -0.05) is 0 Å². The van der Waals surface area contributed by atoms with Gasteiger partial charge in [0.15, 0.2) is 0 Å². The fourth-order valence-electron chi connectivity index (χ4n) is 1.27. The largest absolute Gasteiger partial charge is 0.341 e. The summed E-state index contributed by atoms with van der Waals surface area (Å²) in [5.41, 5.74) is 0. The maximum absolute atomic E-state index is 11.3. The predicted molar refractivity (Wildman–Crippen MR) is 49.8 cm³/mol. The maximum Gasteiger partial charge on any atom is 0.235 e. The number of piperidine rings is 1. The number of amides is 1. The lowest BCUT2D eigenvalue weighted by Gasteiger charge is -2.25. The third-order valence-electron chi connectivity index (χ3n) is 2.00. The summed E-state index contributed by atoms with van der Waals surface area (Å²) in [6.07, 6.45) is 2.40. The average molecular weight is 203 g/mol. The van der Waals surface area contributed by atoms with Crippen LogP contribution in [0.2, 0.25) is 0 Å². The SMILES string of the molecule is CS(=O)CC(=O)N1CCC(=O)CC1. The van der Waals surface area contributed by atoms with E-state index in [0.717, 1.165) is 0 Å². The Morgan fingerprint density at radius 3 is 2.46 bits per heavy atom. The molecule has 1 amide bonds. The van der Waals surface area contributed by atoms with Crippen LogP contribution in [0.1, 0.15) is 12.8 Å². The highest BCUT2D eigenvalue weighted by Crippen LogP contribution is 2.05. The molecule has 1 aliphatic heterocycles. The quantitative estimate of drug-likeness (QED) is 0.611. The molecule has 0 aromatic rings. The van der Waals surface area contributed by atoms with Crippen molar-refractivity contribution in [3.8, 4) is 0 Å². The molecule has 0 radical (unpaired) electrons. The first-order valence-electron chi connectivity index (χ1n) is 4.19. The summed E-state index contributed by atoms with van der Waals surface area (Å²) >= 11 is 0. The van der Waals surface area contributed by atoms with Gasteiger partial charge >= 0.3 is 0 Å². The second kappa shape index (κ2) is 4.50. The summed E-state index contributed by atoms with van der Waals surface area (Å²) in [5, 5.41) is 0. The Hall–Kier alpha value is -0.710. The average Bonchev–Trinajstić information content (AvgIpc) is 2.04. The van der Waals surface area contributed by atoms with Crippen molar-refractivity contribution in [2.45, 2.75) is 12.8 Å². The Balaban J connectivity index is 2.40. The van der Waals surface area contributed by atoms with Crippen molar-refractivity contribution in [2.75, 3.05) is 25.1 Å². The first kappa shape index (κ1) is 10.4. The Labute approximate surface area is 79.7 Å². The number of hydrogen-bond acceptors (Lipinski definition) is 3.